The first-order chi connectivity index (χ1) is 14.9. The molecule has 0 saturated heterocycles. The largest absolute Gasteiger partial charge is 0.489 e. The summed E-state index contributed by atoms with van der Waals surface area (Å²) in [4.78, 5) is 12.0. The number of carbonyl (C=O) groups is 1. The van der Waals surface area contributed by atoms with Crippen LogP contribution in [0.1, 0.15) is 31.4 Å². The topological polar surface area (TPSA) is 50.4 Å². The van der Waals surface area contributed by atoms with E-state index in [1.54, 1.807) is 12.1 Å². The highest BCUT2D eigenvalue weighted by Crippen LogP contribution is 2.22. The molecule has 4 nitrogen and oxygen atoms in total. The lowest BCUT2D eigenvalue weighted by atomic mass is 10.1. The first-order valence-corrected chi connectivity index (χ1v) is 10.6. The third-order valence-electron chi connectivity index (χ3n) is 4.60. The van der Waals surface area contributed by atoms with Gasteiger partial charge in [0.25, 0.3) is 0 Å². The van der Waals surface area contributed by atoms with Crippen molar-refractivity contribution in [2.75, 3.05) is 10.6 Å². The molecular weight excluding hydrogens is 415 g/mol. The molecule has 3 aromatic rings. The Morgan fingerprint density at radius 3 is 2.45 bits per heavy atom. The predicted octanol–water partition coefficient (Wildman–Crippen LogP) is 6.65. The highest BCUT2D eigenvalue weighted by atomic mass is 35.5. The maximum absolute atomic E-state index is 13.8. The lowest BCUT2D eigenvalue weighted by Crippen LogP contribution is -2.13. The summed E-state index contributed by atoms with van der Waals surface area (Å²) in [6.07, 6.45) is 0.495. The average molecular weight is 441 g/mol. The summed E-state index contributed by atoms with van der Waals surface area (Å²) in [7, 11) is 0. The zero-order chi connectivity index (χ0) is 22.2. The Morgan fingerprint density at radius 2 is 1.74 bits per heavy atom. The summed E-state index contributed by atoms with van der Waals surface area (Å²) in [6.45, 7) is 4.72. The maximum Gasteiger partial charge on any atom is 0.224 e. The number of hydrogen-bond acceptors (Lipinski definition) is 3. The third kappa shape index (κ3) is 7.00. The van der Waals surface area contributed by atoms with E-state index >= 15 is 0 Å². The van der Waals surface area contributed by atoms with Crippen LogP contribution in [0.5, 0.6) is 5.75 Å². The minimum Gasteiger partial charge on any atom is -0.489 e. The van der Waals surface area contributed by atoms with Crippen molar-refractivity contribution in [1.29, 1.82) is 0 Å². The summed E-state index contributed by atoms with van der Waals surface area (Å²) in [5.74, 6) is 0.588. The van der Waals surface area contributed by atoms with E-state index in [1.165, 1.54) is 6.07 Å². The normalized spacial score (nSPS) is 10.7. The summed E-state index contributed by atoms with van der Waals surface area (Å²) in [6, 6.07) is 19.8. The summed E-state index contributed by atoms with van der Waals surface area (Å²) in [5.41, 5.74) is 3.09. The first kappa shape index (κ1) is 22.6. The quantitative estimate of drug-likeness (QED) is 0.391. The fourth-order valence-electron chi connectivity index (χ4n) is 3.02. The lowest BCUT2D eigenvalue weighted by Gasteiger charge is -2.12. The summed E-state index contributed by atoms with van der Waals surface area (Å²) < 4.78 is 19.5. The van der Waals surface area contributed by atoms with E-state index in [2.05, 4.69) is 10.6 Å². The SMILES string of the molecule is CC(C)CC(=O)Nc1cccc(NCc2ccc(OCc3c(F)cccc3Cl)cc2)c1. The molecule has 0 spiro atoms. The van der Waals surface area contributed by atoms with Gasteiger partial charge in [-0.15, -0.1) is 0 Å². The minimum absolute atomic E-state index is 0.0133. The Kier molecular flexibility index (Phi) is 7.90. The molecule has 1 amide bonds. The van der Waals surface area contributed by atoms with Crippen molar-refractivity contribution in [2.24, 2.45) is 5.92 Å². The molecule has 31 heavy (non-hydrogen) atoms. The van der Waals surface area contributed by atoms with Gasteiger partial charge in [0.15, 0.2) is 0 Å². The smallest absolute Gasteiger partial charge is 0.224 e. The molecular formula is C25H26ClFN2O2. The molecule has 0 aromatic heterocycles. The predicted molar refractivity (Wildman–Crippen MR) is 124 cm³/mol. The molecule has 0 heterocycles. The van der Waals surface area contributed by atoms with Crippen molar-refractivity contribution in [2.45, 2.75) is 33.4 Å². The van der Waals surface area contributed by atoms with Gasteiger partial charge in [0.2, 0.25) is 5.91 Å². The van der Waals surface area contributed by atoms with Crippen LogP contribution in [0, 0.1) is 11.7 Å². The number of hydrogen-bond donors (Lipinski definition) is 2. The zero-order valence-electron chi connectivity index (χ0n) is 17.6. The Labute approximate surface area is 187 Å². The number of anilines is 2. The zero-order valence-corrected chi connectivity index (χ0v) is 18.4. The molecule has 0 aliphatic rings. The second kappa shape index (κ2) is 10.8. The van der Waals surface area contributed by atoms with E-state index < -0.39 is 0 Å². The van der Waals surface area contributed by atoms with Gasteiger partial charge in [-0.3, -0.25) is 4.79 Å². The van der Waals surface area contributed by atoms with Gasteiger partial charge in [-0.2, -0.15) is 0 Å². The summed E-state index contributed by atoms with van der Waals surface area (Å²) in [5, 5.41) is 6.62. The van der Waals surface area contributed by atoms with Crippen molar-refractivity contribution in [3.05, 3.63) is 88.7 Å². The van der Waals surface area contributed by atoms with E-state index in [0.717, 1.165) is 16.9 Å². The number of nitrogens with one attached hydrogen (secondary N) is 2. The molecule has 0 atom stereocenters. The number of ether oxygens (including phenoxy) is 1. The standard InChI is InChI=1S/C25H26ClFN2O2/c1-17(2)13-25(30)29-20-6-3-5-19(14-20)28-15-18-9-11-21(12-10-18)31-16-22-23(26)7-4-8-24(22)27/h3-12,14,17,28H,13,15-16H2,1-2H3,(H,29,30). The number of benzene rings is 3. The van der Waals surface area contributed by atoms with Crippen LogP contribution >= 0.6 is 11.6 Å². The third-order valence-corrected chi connectivity index (χ3v) is 4.96. The van der Waals surface area contributed by atoms with Gasteiger partial charge < -0.3 is 15.4 Å². The van der Waals surface area contributed by atoms with Gasteiger partial charge in [0.1, 0.15) is 18.2 Å². The fraction of sp³-hybridized carbons (Fsp3) is 0.240. The molecule has 6 heteroatoms. The van der Waals surface area contributed by atoms with Gasteiger partial charge in [0.05, 0.1) is 5.02 Å². The first-order valence-electron chi connectivity index (χ1n) is 10.2. The molecule has 0 bridgehead atoms. The van der Waals surface area contributed by atoms with Crippen molar-refractivity contribution in [3.8, 4) is 5.75 Å². The molecule has 0 aliphatic carbocycles. The molecule has 0 unspecified atom stereocenters. The molecule has 2 N–H and O–H groups in total. The van der Waals surface area contributed by atoms with Crippen LogP contribution in [-0.2, 0) is 17.9 Å². The number of carbonyl (C=O) groups excluding carboxylic acids is 1. The number of amides is 1. The Morgan fingerprint density at radius 1 is 1.03 bits per heavy atom. The van der Waals surface area contributed by atoms with Crippen LogP contribution in [0.25, 0.3) is 0 Å². The average Bonchev–Trinajstić information content (AvgIpc) is 2.72. The van der Waals surface area contributed by atoms with E-state index in [-0.39, 0.29) is 18.3 Å². The van der Waals surface area contributed by atoms with Gasteiger partial charge in [-0.05, 0) is 53.9 Å². The Balaban J connectivity index is 1.52. The lowest BCUT2D eigenvalue weighted by molar-refractivity contribution is -0.116. The van der Waals surface area contributed by atoms with Crippen LogP contribution in [0.2, 0.25) is 5.02 Å². The molecule has 0 fully saturated rings. The Hall–Kier alpha value is -3.05. The highest BCUT2D eigenvalue weighted by Gasteiger charge is 2.08. The number of rotatable bonds is 9. The molecule has 0 radical (unpaired) electrons. The molecule has 0 aliphatic heterocycles. The summed E-state index contributed by atoms with van der Waals surface area (Å²) >= 11 is 6.03. The molecule has 3 rings (SSSR count). The highest BCUT2D eigenvalue weighted by molar-refractivity contribution is 6.31. The second-order valence-electron chi connectivity index (χ2n) is 7.71. The monoisotopic (exact) mass is 440 g/mol. The van der Waals surface area contributed by atoms with Crippen molar-refractivity contribution >= 4 is 28.9 Å². The Bertz CT molecular complexity index is 1000. The van der Waals surface area contributed by atoms with Gasteiger partial charge in [0, 0.05) is 29.9 Å². The van der Waals surface area contributed by atoms with Gasteiger partial charge in [-0.1, -0.05) is 49.7 Å². The van der Waals surface area contributed by atoms with Gasteiger partial charge in [-0.25, -0.2) is 4.39 Å². The van der Waals surface area contributed by atoms with Crippen molar-refractivity contribution < 1.29 is 13.9 Å². The van der Waals surface area contributed by atoms with Crippen LogP contribution in [0.4, 0.5) is 15.8 Å². The minimum atomic E-state index is -0.379. The van der Waals surface area contributed by atoms with E-state index in [1.807, 2.05) is 62.4 Å². The van der Waals surface area contributed by atoms with Crippen molar-refractivity contribution in [3.63, 3.8) is 0 Å². The molecule has 0 saturated carbocycles. The van der Waals surface area contributed by atoms with Crippen LogP contribution in [0.3, 0.4) is 0 Å². The van der Waals surface area contributed by atoms with Crippen LogP contribution in [0.15, 0.2) is 66.7 Å². The van der Waals surface area contributed by atoms with Crippen LogP contribution in [-0.4, -0.2) is 5.91 Å². The van der Waals surface area contributed by atoms with Crippen molar-refractivity contribution in [1.82, 2.24) is 0 Å². The van der Waals surface area contributed by atoms with E-state index in [0.29, 0.717) is 35.2 Å². The maximum atomic E-state index is 13.8. The van der Waals surface area contributed by atoms with Crippen LogP contribution < -0.4 is 15.4 Å². The number of halogens is 2. The second-order valence-corrected chi connectivity index (χ2v) is 8.12. The van der Waals surface area contributed by atoms with E-state index in [4.69, 9.17) is 16.3 Å². The fourth-order valence-corrected chi connectivity index (χ4v) is 3.24. The van der Waals surface area contributed by atoms with Gasteiger partial charge >= 0.3 is 0 Å². The molecule has 162 valence electrons. The molecule has 3 aromatic carbocycles. The van der Waals surface area contributed by atoms with E-state index in [9.17, 15) is 9.18 Å².